The molecule has 2 nitrogen and oxygen atoms in total. The van der Waals surface area contributed by atoms with Crippen LogP contribution in [0.15, 0.2) is 54.6 Å². The SMILES string of the molecule is CCC[C@@H](CC(=O)c1ccccc1OC)c1ccccc1. The van der Waals surface area contributed by atoms with Crippen LogP contribution in [0.2, 0.25) is 0 Å². The summed E-state index contributed by atoms with van der Waals surface area (Å²) in [6.45, 7) is 2.16. The number of benzene rings is 2. The van der Waals surface area contributed by atoms with Crippen molar-refractivity contribution in [2.75, 3.05) is 7.11 Å². The smallest absolute Gasteiger partial charge is 0.167 e. The molecule has 0 aliphatic carbocycles. The number of methoxy groups -OCH3 is 1. The molecule has 0 saturated carbocycles. The molecule has 2 rings (SSSR count). The van der Waals surface area contributed by atoms with Crippen LogP contribution in [0.5, 0.6) is 5.75 Å². The van der Waals surface area contributed by atoms with Crippen molar-refractivity contribution in [3.63, 3.8) is 0 Å². The molecule has 0 fully saturated rings. The van der Waals surface area contributed by atoms with Crippen LogP contribution < -0.4 is 4.74 Å². The van der Waals surface area contributed by atoms with Gasteiger partial charge >= 0.3 is 0 Å². The highest BCUT2D eigenvalue weighted by molar-refractivity contribution is 5.99. The first kappa shape index (κ1) is 15.3. The molecule has 0 aliphatic rings. The fourth-order valence-electron chi connectivity index (χ4n) is 2.67. The summed E-state index contributed by atoms with van der Waals surface area (Å²) < 4.78 is 5.29. The Balaban J connectivity index is 2.19. The third kappa shape index (κ3) is 3.94. The molecular formula is C19H22O2. The van der Waals surface area contributed by atoms with E-state index in [9.17, 15) is 4.79 Å². The minimum Gasteiger partial charge on any atom is -0.496 e. The number of carbonyl (C=O) groups excluding carboxylic acids is 1. The van der Waals surface area contributed by atoms with Gasteiger partial charge in [0.25, 0.3) is 0 Å². The summed E-state index contributed by atoms with van der Waals surface area (Å²) in [5.74, 6) is 1.08. The van der Waals surface area contributed by atoms with Gasteiger partial charge in [-0.15, -0.1) is 0 Å². The highest BCUT2D eigenvalue weighted by Crippen LogP contribution is 2.28. The number of hydrogen-bond acceptors (Lipinski definition) is 2. The largest absolute Gasteiger partial charge is 0.496 e. The fraction of sp³-hybridized carbons (Fsp3) is 0.316. The molecule has 21 heavy (non-hydrogen) atoms. The lowest BCUT2D eigenvalue weighted by molar-refractivity contribution is 0.0969. The zero-order chi connectivity index (χ0) is 15.1. The van der Waals surface area contributed by atoms with E-state index in [0.29, 0.717) is 17.7 Å². The van der Waals surface area contributed by atoms with E-state index in [-0.39, 0.29) is 11.7 Å². The van der Waals surface area contributed by atoms with Crippen LogP contribution in [0.25, 0.3) is 0 Å². The van der Waals surface area contributed by atoms with Gasteiger partial charge in [-0.25, -0.2) is 0 Å². The Labute approximate surface area is 126 Å². The molecule has 2 aromatic carbocycles. The summed E-state index contributed by atoms with van der Waals surface area (Å²) >= 11 is 0. The molecule has 0 aromatic heterocycles. The molecule has 0 bridgehead atoms. The highest BCUT2D eigenvalue weighted by atomic mass is 16.5. The first-order valence-electron chi connectivity index (χ1n) is 7.47. The van der Waals surface area contributed by atoms with E-state index >= 15 is 0 Å². The number of ether oxygens (including phenoxy) is 1. The summed E-state index contributed by atoms with van der Waals surface area (Å²) in [6, 6.07) is 17.7. The van der Waals surface area contributed by atoms with Crippen molar-refractivity contribution in [2.45, 2.75) is 32.1 Å². The minimum absolute atomic E-state index is 0.148. The van der Waals surface area contributed by atoms with Gasteiger partial charge in [0, 0.05) is 6.42 Å². The molecule has 110 valence electrons. The standard InChI is InChI=1S/C19H22O2/c1-3-9-16(15-10-5-4-6-11-15)14-18(20)17-12-7-8-13-19(17)21-2/h4-8,10-13,16H,3,9,14H2,1-2H3/t16-/m0/s1. The van der Waals surface area contributed by atoms with Crippen LogP contribution in [0.3, 0.4) is 0 Å². The topological polar surface area (TPSA) is 26.3 Å². The number of para-hydroxylation sites is 1. The zero-order valence-electron chi connectivity index (χ0n) is 12.7. The van der Waals surface area contributed by atoms with Crippen molar-refractivity contribution in [1.82, 2.24) is 0 Å². The maximum atomic E-state index is 12.6. The van der Waals surface area contributed by atoms with E-state index < -0.39 is 0 Å². The number of hydrogen-bond donors (Lipinski definition) is 0. The molecule has 0 aliphatic heterocycles. The lowest BCUT2D eigenvalue weighted by Crippen LogP contribution is -2.09. The van der Waals surface area contributed by atoms with Crippen molar-refractivity contribution in [3.05, 3.63) is 65.7 Å². The van der Waals surface area contributed by atoms with Gasteiger partial charge in [-0.05, 0) is 30.0 Å². The van der Waals surface area contributed by atoms with Crippen molar-refractivity contribution in [2.24, 2.45) is 0 Å². The first-order chi connectivity index (χ1) is 10.3. The van der Waals surface area contributed by atoms with Gasteiger partial charge in [-0.2, -0.15) is 0 Å². The summed E-state index contributed by atoms with van der Waals surface area (Å²) in [5.41, 5.74) is 1.92. The minimum atomic E-state index is 0.148. The van der Waals surface area contributed by atoms with Crippen LogP contribution in [0.4, 0.5) is 0 Å². The third-order valence-electron chi connectivity index (χ3n) is 3.75. The zero-order valence-corrected chi connectivity index (χ0v) is 12.7. The Hall–Kier alpha value is -2.09. The van der Waals surface area contributed by atoms with Crippen LogP contribution in [0.1, 0.15) is 48.0 Å². The summed E-state index contributed by atoms with van der Waals surface area (Å²) in [6.07, 6.45) is 2.61. The van der Waals surface area contributed by atoms with E-state index in [1.54, 1.807) is 7.11 Å². The van der Waals surface area contributed by atoms with E-state index in [1.165, 1.54) is 5.56 Å². The van der Waals surface area contributed by atoms with E-state index in [2.05, 4.69) is 19.1 Å². The van der Waals surface area contributed by atoms with Gasteiger partial charge in [0.05, 0.1) is 12.7 Å². The second kappa shape index (κ2) is 7.63. The average molecular weight is 282 g/mol. The molecule has 0 amide bonds. The Morgan fingerprint density at radius 3 is 2.38 bits per heavy atom. The molecule has 2 aromatic rings. The van der Waals surface area contributed by atoms with Gasteiger partial charge in [-0.1, -0.05) is 55.8 Å². The molecule has 0 spiro atoms. The van der Waals surface area contributed by atoms with E-state index in [0.717, 1.165) is 12.8 Å². The summed E-state index contributed by atoms with van der Waals surface area (Å²) in [7, 11) is 1.60. The second-order valence-corrected chi connectivity index (χ2v) is 5.22. The maximum Gasteiger partial charge on any atom is 0.167 e. The maximum absolute atomic E-state index is 12.6. The monoisotopic (exact) mass is 282 g/mol. The van der Waals surface area contributed by atoms with Crippen molar-refractivity contribution < 1.29 is 9.53 Å². The van der Waals surface area contributed by atoms with Gasteiger partial charge in [0.1, 0.15) is 5.75 Å². The summed E-state index contributed by atoms with van der Waals surface area (Å²) in [4.78, 5) is 12.6. The number of carbonyl (C=O) groups is 1. The third-order valence-corrected chi connectivity index (χ3v) is 3.75. The Morgan fingerprint density at radius 2 is 1.71 bits per heavy atom. The first-order valence-corrected chi connectivity index (χ1v) is 7.47. The summed E-state index contributed by atoms with van der Waals surface area (Å²) in [5, 5.41) is 0. The molecular weight excluding hydrogens is 260 g/mol. The average Bonchev–Trinajstić information content (AvgIpc) is 2.55. The molecule has 2 heteroatoms. The number of Topliss-reactive ketones (excluding diaryl/α,β-unsaturated/α-hetero) is 1. The molecule has 0 heterocycles. The van der Waals surface area contributed by atoms with Gasteiger partial charge in [0.2, 0.25) is 0 Å². The molecule has 0 radical (unpaired) electrons. The Kier molecular flexibility index (Phi) is 5.56. The van der Waals surface area contributed by atoms with Gasteiger partial charge < -0.3 is 4.74 Å². The predicted octanol–water partition coefficient (Wildman–Crippen LogP) is 4.85. The van der Waals surface area contributed by atoms with Crippen LogP contribution in [0, 0.1) is 0 Å². The molecule has 1 atom stereocenters. The normalized spacial score (nSPS) is 11.9. The van der Waals surface area contributed by atoms with Crippen LogP contribution in [-0.2, 0) is 0 Å². The van der Waals surface area contributed by atoms with Gasteiger partial charge in [0.15, 0.2) is 5.78 Å². The lowest BCUT2D eigenvalue weighted by atomic mass is 9.88. The lowest BCUT2D eigenvalue weighted by Gasteiger charge is -2.16. The van der Waals surface area contributed by atoms with E-state index in [4.69, 9.17) is 4.74 Å². The van der Waals surface area contributed by atoms with Crippen molar-refractivity contribution in [3.8, 4) is 5.75 Å². The highest BCUT2D eigenvalue weighted by Gasteiger charge is 2.18. The fourth-order valence-corrected chi connectivity index (χ4v) is 2.67. The van der Waals surface area contributed by atoms with Crippen LogP contribution >= 0.6 is 0 Å². The Morgan fingerprint density at radius 1 is 1.05 bits per heavy atom. The van der Waals surface area contributed by atoms with Gasteiger partial charge in [-0.3, -0.25) is 4.79 Å². The Bertz CT molecular complexity index is 575. The predicted molar refractivity (Wildman–Crippen MR) is 86.0 cm³/mol. The van der Waals surface area contributed by atoms with Crippen molar-refractivity contribution in [1.29, 1.82) is 0 Å². The number of ketones is 1. The number of rotatable bonds is 7. The van der Waals surface area contributed by atoms with Crippen LogP contribution in [-0.4, -0.2) is 12.9 Å². The van der Waals surface area contributed by atoms with Crippen molar-refractivity contribution >= 4 is 5.78 Å². The van der Waals surface area contributed by atoms with E-state index in [1.807, 2.05) is 42.5 Å². The molecule has 0 unspecified atom stereocenters. The molecule has 0 N–H and O–H groups in total. The molecule has 0 saturated heterocycles. The quantitative estimate of drug-likeness (QED) is 0.678. The second-order valence-electron chi connectivity index (χ2n) is 5.22.